The van der Waals surface area contributed by atoms with Gasteiger partial charge < -0.3 is 5.32 Å². The minimum absolute atomic E-state index is 0.888. The number of hydrogen-bond donors (Lipinski definition) is 1. The molecule has 2 rings (SSSR count). The first-order valence-electron chi connectivity index (χ1n) is 6.46. The van der Waals surface area contributed by atoms with E-state index >= 15 is 0 Å². The molecule has 19 heavy (non-hydrogen) atoms. The molecule has 2 aromatic rings. The van der Waals surface area contributed by atoms with Crippen molar-refractivity contribution >= 4 is 29.1 Å². The van der Waals surface area contributed by atoms with Crippen LogP contribution in [0.2, 0.25) is 0 Å². The van der Waals surface area contributed by atoms with Crippen molar-refractivity contribution in [3.05, 3.63) is 29.7 Å². The third-order valence-corrected chi connectivity index (χ3v) is 4.45. The van der Waals surface area contributed by atoms with Gasteiger partial charge in [-0.15, -0.1) is 0 Å². The molecule has 0 radical (unpaired) electrons. The fourth-order valence-electron chi connectivity index (χ4n) is 1.45. The first kappa shape index (κ1) is 14.3. The average Bonchev–Trinajstić information content (AvgIpc) is 2.92. The van der Waals surface area contributed by atoms with Crippen molar-refractivity contribution in [1.82, 2.24) is 14.3 Å². The SMILES string of the molecule is CCCNc1ccc(CSc2nc(CC)ns2)cn1. The van der Waals surface area contributed by atoms with Gasteiger partial charge in [0, 0.05) is 24.9 Å². The van der Waals surface area contributed by atoms with E-state index in [2.05, 4.69) is 39.6 Å². The van der Waals surface area contributed by atoms with Crippen LogP contribution in [0.25, 0.3) is 0 Å². The van der Waals surface area contributed by atoms with Gasteiger partial charge in [-0.3, -0.25) is 0 Å². The molecule has 0 amide bonds. The molecule has 102 valence electrons. The second kappa shape index (κ2) is 7.45. The Bertz CT molecular complexity index is 496. The zero-order chi connectivity index (χ0) is 13.5. The lowest BCUT2D eigenvalue weighted by molar-refractivity contribution is 0.968. The lowest BCUT2D eigenvalue weighted by Crippen LogP contribution is -2.01. The number of anilines is 1. The van der Waals surface area contributed by atoms with Crippen LogP contribution in [0.5, 0.6) is 0 Å². The van der Waals surface area contributed by atoms with Gasteiger partial charge in [0.25, 0.3) is 0 Å². The summed E-state index contributed by atoms with van der Waals surface area (Å²) in [6.07, 6.45) is 3.93. The highest BCUT2D eigenvalue weighted by molar-refractivity contribution is 8.00. The maximum Gasteiger partial charge on any atom is 0.170 e. The number of nitrogens with zero attached hydrogens (tertiary/aromatic N) is 3. The minimum Gasteiger partial charge on any atom is -0.370 e. The number of hydrogen-bond acceptors (Lipinski definition) is 6. The molecule has 4 nitrogen and oxygen atoms in total. The summed E-state index contributed by atoms with van der Waals surface area (Å²) in [4.78, 5) is 8.83. The number of aryl methyl sites for hydroxylation is 1. The molecule has 1 N–H and O–H groups in total. The van der Waals surface area contributed by atoms with Gasteiger partial charge in [0.2, 0.25) is 0 Å². The van der Waals surface area contributed by atoms with Crippen LogP contribution in [-0.4, -0.2) is 20.9 Å². The molecule has 0 aliphatic carbocycles. The second-order valence-corrected chi connectivity index (χ2v) is 6.07. The van der Waals surface area contributed by atoms with Crippen LogP contribution in [0.15, 0.2) is 22.7 Å². The summed E-state index contributed by atoms with van der Waals surface area (Å²) in [5, 5.41) is 3.27. The van der Waals surface area contributed by atoms with Crippen molar-refractivity contribution in [2.75, 3.05) is 11.9 Å². The van der Waals surface area contributed by atoms with Crippen LogP contribution < -0.4 is 5.32 Å². The number of nitrogens with one attached hydrogen (secondary N) is 1. The van der Waals surface area contributed by atoms with E-state index in [0.717, 1.165) is 41.1 Å². The molecule has 0 aliphatic heterocycles. The fourth-order valence-corrected chi connectivity index (χ4v) is 3.08. The van der Waals surface area contributed by atoms with Gasteiger partial charge in [-0.2, -0.15) is 4.37 Å². The van der Waals surface area contributed by atoms with E-state index < -0.39 is 0 Å². The number of thioether (sulfide) groups is 1. The monoisotopic (exact) mass is 294 g/mol. The Morgan fingerprint density at radius 2 is 2.21 bits per heavy atom. The summed E-state index contributed by atoms with van der Waals surface area (Å²) in [7, 11) is 0. The number of pyridine rings is 1. The van der Waals surface area contributed by atoms with E-state index in [-0.39, 0.29) is 0 Å². The normalized spacial score (nSPS) is 10.6. The van der Waals surface area contributed by atoms with E-state index in [9.17, 15) is 0 Å². The smallest absolute Gasteiger partial charge is 0.170 e. The predicted octanol–water partition coefficient (Wildman–Crippen LogP) is 3.61. The Morgan fingerprint density at radius 1 is 1.32 bits per heavy atom. The molecule has 0 aliphatic rings. The topological polar surface area (TPSA) is 50.7 Å². The Morgan fingerprint density at radius 3 is 2.84 bits per heavy atom. The zero-order valence-electron chi connectivity index (χ0n) is 11.2. The van der Waals surface area contributed by atoms with Crippen LogP contribution in [0, 0.1) is 0 Å². The molecule has 0 saturated carbocycles. The minimum atomic E-state index is 0.888. The van der Waals surface area contributed by atoms with E-state index in [1.165, 1.54) is 17.1 Å². The Kier molecular flexibility index (Phi) is 5.60. The number of rotatable bonds is 7. The van der Waals surface area contributed by atoms with Crippen molar-refractivity contribution in [3.63, 3.8) is 0 Å². The lowest BCUT2D eigenvalue weighted by Gasteiger charge is -2.04. The van der Waals surface area contributed by atoms with E-state index in [1.54, 1.807) is 11.8 Å². The van der Waals surface area contributed by atoms with Crippen molar-refractivity contribution in [2.24, 2.45) is 0 Å². The molecule has 2 heterocycles. The van der Waals surface area contributed by atoms with Crippen LogP contribution >= 0.6 is 23.3 Å². The molecule has 0 fully saturated rings. The summed E-state index contributed by atoms with van der Waals surface area (Å²) in [6, 6.07) is 4.14. The molecule has 0 unspecified atom stereocenters. The van der Waals surface area contributed by atoms with Crippen LogP contribution in [-0.2, 0) is 12.2 Å². The largest absolute Gasteiger partial charge is 0.370 e. The summed E-state index contributed by atoms with van der Waals surface area (Å²) >= 11 is 3.19. The Hall–Kier alpha value is -1.14. The molecule has 0 bridgehead atoms. The maximum absolute atomic E-state index is 4.44. The molecule has 0 spiro atoms. The summed E-state index contributed by atoms with van der Waals surface area (Å²) in [5.41, 5.74) is 1.21. The van der Waals surface area contributed by atoms with Gasteiger partial charge in [-0.1, -0.05) is 31.7 Å². The fraction of sp³-hybridized carbons (Fsp3) is 0.462. The molecule has 6 heteroatoms. The average molecular weight is 294 g/mol. The second-order valence-electron chi connectivity index (χ2n) is 4.10. The number of aromatic nitrogens is 3. The first-order chi connectivity index (χ1) is 9.31. The summed E-state index contributed by atoms with van der Waals surface area (Å²) in [6.45, 7) is 5.18. The molecule has 0 saturated heterocycles. The van der Waals surface area contributed by atoms with Crippen molar-refractivity contribution < 1.29 is 0 Å². The molecule has 0 aromatic carbocycles. The van der Waals surface area contributed by atoms with Crippen molar-refractivity contribution in [2.45, 2.75) is 36.8 Å². The summed E-state index contributed by atoms with van der Waals surface area (Å²) in [5.74, 6) is 2.77. The van der Waals surface area contributed by atoms with Crippen LogP contribution in [0.3, 0.4) is 0 Å². The van der Waals surface area contributed by atoms with Gasteiger partial charge in [-0.25, -0.2) is 9.97 Å². The van der Waals surface area contributed by atoms with Gasteiger partial charge >= 0.3 is 0 Å². The third kappa shape index (κ3) is 4.47. The molecule has 2 aromatic heterocycles. The Balaban J connectivity index is 1.85. The summed E-state index contributed by atoms with van der Waals surface area (Å²) < 4.78 is 5.31. The zero-order valence-corrected chi connectivity index (χ0v) is 12.9. The molecular formula is C13H18N4S2. The highest BCUT2D eigenvalue weighted by Gasteiger charge is 2.03. The highest BCUT2D eigenvalue weighted by Crippen LogP contribution is 2.24. The van der Waals surface area contributed by atoms with Crippen LogP contribution in [0.1, 0.15) is 31.7 Å². The van der Waals surface area contributed by atoms with Gasteiger partial charge in [0.15, 0.2) is 4.34 Å². The van der Waals surface area contributed by atoms with Gasteiger partial charge in [-0.05, 0) is 29.6 Å². The third-order valence-electron chi connectivity index (χ3n) is 2.51. The van der Waals surface area contributed by atoms with Crippen LogP contribution in [0.4, 0.5) is 5.82 Å². The standard InChI is InChI=1S/C13H18N4S2/c1-3-7-14-12-6-5-10(8-15-12)9-18-13-16-11(4-2)17-19-13/h5-6,8H,3-4,7,9H2,1-2H3,(H,14,15). The van der Waals surface area contributed by atoms with E-state index in [4.69, 9.17) is 0 Å². The maximum atomic E-state index is 4.44. The highest BCUT2D eigenvalue weighted by atomic mass is 32.2. The van der Waals surface area contributed by atoms with E-state index in [1.807, 2.05) is 12.3 Å². The van der Waals surface area contributed by atoms with Gasteiger partial charge in [0.1, 0.15) is 11.6 Å². The predicted molar refractivity (Wildman–Crippen MR) is 81.9 cm³/mol. The molecular weight excluding hydrogens is 276 g/mol. The Labute approximate surface area is 122 Å². The quantitative estimate of drug-likeness (QED) is 0.791. The first-order valence-corrected chi connectivity index (χ1v) is 8.22. The van der Waals surface area contributed by atoms with E-state index in [0.29, 0.717) is 0 Å². The lowest BCUT2D eigenvalue weighted by atomic mass is 10.3. The molecule has 0 atom stereocenters. The van der Waals surface area contributed by atoms with Crippen molar-refractivity contribution in [3.8, 4) is 0 Å². The van der Waals surface area contributed by atoms with Crippen molar-refractivity contribution in [1.29, 1.82) is 0 Å². The van der Waals surface area contributed by atoms with Gasteiger partial charge in [0.05, 0.1) is 0 Å².